The van der Waals surface area contributed by atoms with Gasteiger partial charge in [0.05, 0.1) is 15.6 Å². The number of hydrogen-bond acceptors (Lipinski definition) is 5. The third-order valence-corrected chi connectivity index (χ3v) is 4.72. The van der Waals surface area contributed by atoms with E-state index < -0.39 is 5.97 Å². The lowest BCUT2D eigenvalue weighted by Gasteiger charge is -2.13. The quantitative estimate of drug-likeness (QED) is 0.886. The Kier molecular flexibility index (Phi) is 4.72. The predicted molar refractivity (Wildman–Crippen MR) is 81.6 cm³/mol. The minimum Gasteiger partial charge on any atom is -0.476 e. The first-order valence-electron chi connectivity index (χ1n) is 7.09. The summed E-state index contributed by atoms with van der Waals surface area (Å²) in [6, 6.07) is 0. The molecule has 0 amide bonds. The summed E-state index contributed by atoms with van der Waals surface area (Å²) >= 11 is 1.48. The molecular weight excluding hydrogens is 288 g/mol. The number of nitrogens with zero attached hydrogens (tertiary/aromatic N) is 4. The van der Waals surface area contributed by atoms with E-state index in [4.69, 9.17) is 0 Å². The standard InChI is InChI=1S/C14H20N4O2S/c1-5-10(6-2)7-18-12(11(14(19)20)16-17-18)13-8(3)15-9(4)21-13/h10H,5-7H2,1-4H3,(H,19,20). The maximum Gasteiger partial charge on any atom is 0.358 e. The normalized spacial score (nSPS) is 11.3. The number of carbonyl (C=O) groups is 1. The van der Waals surface area contributed by atoms with Crippen LogP contribution in [0.4, 0.5) is 0 Å². The van der Waals surface area contributed by atoms with Crippen LogP contribution in [0.15, 0.2) is 0 Å². The zero-order valence-electron chi connectivity index (χ0n) is 12.8. The molecule has 0 atom stereocenters. The Hall–Kier alpha value is -1.76. The van der Waals surface area contributed by atoms with Crippen LogP contribution < -0.4 is 0 Å². The van der Waals surface area contributed by atoms with Gasteiger partial charge in [0.2, 0.25) is 0 Å². The van der Waals surface area contributed by atoms with Crippen LogP contribution in [0.5, 0.6) is 0 Å². The second-order valence-corrected chi connectivity index (χ2v) is 6.31. The molecule has 6 nitrogen and oxygen atoms in total. The van der Waals surface area contributed by atoms with Crippen molar-refractivity contribution in [3.8, 4) is 10.6 Å². The van der Waals surface area contributed by atoms with E-state index in [1.807, 2.05) is 13.8 Å². The molecule has 0 aromatic carbocycles. The van der Waals surface area contributed by atoms with Gasteiger partial charge in [0.15, 0.2) is 5.69 Å². The minimum atomic E-state index is -1.05. The van der Waals surface area contributed by atoms with E-state index in [1.54, 1.807) is 4.68 Å². The maximum atomic E-state index is 11.4. The molecule has 1 N–H and O–H groups in total. The van der Waals surface area contributed by atoms with Gasteiger partial charge in [-0.05, 0) is 19.8 Å². The fraction of sp³-hybridized carbons (Fsp3) is 0.571. The van der Waals surface area contributed by atoms with Crippen LogP contribution >= 0.6 is 11.3 Å². The topological polar surface area (TPSA) is 80.9 Å². The summed E-state index contributed by atoms with van der Waals surface area (Å²) in [7, 11) is 0. The Morgan fingerprint density at radius 1 is 1.33 bits per heavy atom. The Morgan fingerprint density at radius 2 is 2.00 bits per heavy atom. The number of aromatic carboxylic acids is 1. The average molecular weight is 308 g/mol. The minimum absolute atomic E-state index is 0.00714. The Labute approximate surface area is 127 Å². The number of hydrogen-bond donors (Lipinski definition) is 1. The van der Waals surface area contributed by atoms with Crippen molar-refractivity contribution in [1.82, 2.24) is 20.0 Å². The van der Waals surface area contributed by atoms with E-state index in [0.717, 1.165) is 28.4 Å². The number of carboxylic acids is 1. The van der Waals surface area contributed by atoms with E-state index in [2.05, 4.69) is 29.1 Å². The number of aryl methyl sites for hydroxylation is 2. The van der Waals surface area contributed by atoms with Crippen LogP contribution in [0.2, 0.25) is 0 Å². The van der Waals surface area contributed by atoms with E-state index in [1.165, 1.54) is 11.3 Å². The van der Waals surface area contributed by atoms with Gasteiger partial charge in [-0.2, -0.15) is 0 Å². The molecule has 2 aromatic rings. The smallest absolute Gasteiger partial charge is 0.358 e. The van der Waals surface area contributed by atoms with Gasteiger partial charge in [-0.3, -0.25) is 0 Å². The van der Waals surface area contributed by atoms with Gasteiger partial charge in [-0.15, -0.1) is 16.4 Å². The highest BCUT2D eigenvalue weighted by atomic mass is 32.1. The van der Waals surface area contributed by atoms with Crippen molar-refractivity contribution >= 4 is 17.3 Å². The van der Waals surface area contributed by atoms with E-state index in [0.29, 0.717) is 18.2 Å². The summed E-state index contributed by atoms with van der Waals surface area (Å²) in [4.78, 5) is 16.7. The molecule has 0 saturated carbocycles. The molecule has 0 spiro atoms. The van der Waals surface area contributed by atoms with Crippen LogP contribution in [0.3, 0.4) is 0 Å². The van der Waals surface area contributed by atoms with Crippen molar-refractivity contribution < 1.29 is 9.90 Å². The molecule has 7 heteroatoms. The van der Waals surface area contributed by atoms with Crippen LogP contribution in [0.25, 0.3) is 10.6 Å². The monoisotopic (exact) mass is 308 g/mol. The highest BCUT2D eigenvalue weighted by Crippen LogP contribution is 2.32. The van der Waals surface area contributed by atoms with Crippen molar-refractivity contribution in [2.45, 2.75) is 47.1 Å². The summed E-state index contributed by atoms with van der Waals surface area (Å²) in [5.41, 5.74) is 1.42. The van der Waals surface area contributed by atoms with Crippen molar-refractivity contribution in [1.29, 1.82) is 0 Å². The van der Waals surface area contributed by atoms with Crippen molar-refractivity contribution in [3.05, 3.63) is 16.4 Å². The summed E-state index contributed by atoms with van der Waals surface area (Å²) in [6.45, 7) is 8.74. The van der Waals surface area contributed by atoms with E-state index >= 15 is 0 Å². The van der Waals surface area contributed by atoms with Crippen LogP contribution in [-0.4, -0.2) is 31.1 Å². The van der Waals surface area contributed by atoms with Gasteiger partial charge in [0, 0.05) is 6.54 Å². The summed E-state index contributed by atoms with van der Waals surface area (Å²) < 4.78 is 1.72. The fourth-order valence-electron chi connectivity index (χ4n) is 2.35. The highest BCUT2D eigenvalue weighted by molar-refractivity contribution is 7.15. The second kappa shape index (κ2) is 6.34. The molecule has 0 fully saturated rings. The molecular formula is C14H20N4O2S. The van der Waals surface area contributed by atoms with Crippen LogP contribution in [0.1, 0.15) is 47.9 Å². The van der Waals surface area contributed by atoms with Gasteiger partial charge in [-0.25, -0.2) is 14.5 Å². The number of carboxylic acid groups (broad SMARTS) is 1. The van der Waals surface area contributed by atoms with E-state index in [-0.39, 0.29) is 5.69 Å². The summed E-state index contributed by atoms with van der Waals surface area (Å²) in [6.07, 6.45) is 2.05. The lowest BCUT2D eigenvalue weighted by Crippen LogP contribution is -2.12. The second-order valence-electron chi connectivity index (χ2n) is 5.10. The SMILES string of the molecule is CCC(CC)Cn1nnc(C(=O)O)c1-c1sc(C)nc1C. The lowest BCUT2D eigenvalue weighted by atomic mass is 10.0. The summed E-state index contributed by atoms with van der Waals surface area (Å²) in [5.74, 6) is -0.590. The molecule has 2 heterocycles. The molecule has 0 bridgehead atoms. The Morgan fingerprint density at radius 3 is 2.48 bits per heavy atom. The predicted octanol–water partition coefficient (Wildman–Crippen LogP) is 3.15. The van der Waals surface area contributed by atoms with Gasteiger partial charge in [0.1, 0.15) is 5.69 Å². The van der Waals surface area contributed by atoms with E-state index in [9.17, 15) is 9.90 Å². The van der Waals surface area contributed by atoms with Gasteiger partial charge < -0.3 is 5.11 Å². The molecule has 0 radical (unpaired) electrons. The lowest BCUT2D eigenvalue weighted by molar-refractivity contribution is 0.0691. The zero-order valence-corrected chi connectivity index (χ0v) is 13.6. The molecule has 2 rings (SSSR count). The van der Waals surface area contributed by atoms with Crippen molar-refractivity contribution in [2.75, 3.05) is 0 Å². The first-order chi connectivity index (χ1) is 9.97. The Balaban J connectivity index is 2.52. The molecule has 0 unspecified atom stereocenters. The van der Waals surface area contributed by atoms with Crippen molar-refractivity contribution in [2.24, 2.45) is 5.92 Å². The highest BCUT2D eigenvalue weighted by Gasteiger charge is 2.24. The first kappa shape index (κ1) is 15.6. The Bertz CT molecular complexity index is 643. The fourth-order valence-corrected chi connectivity index (χ4v) is 3.32. The molecule has 0 saturated heterocycles. The molecule has 2 aromatic heterocycles. The van der Waals surface area contributed by atoms with Crippen LogP contribution in [-0.2, 0) is 6.54 Å². The maximum absolute atomic E-state index is 11.4. The average Bonchev–Trinajstić information content (AvgIpc) is 2.98. The number of aromatic nitrogens is 4. The zero-order chi connectivity index (χ0) is 15.6. The molecule has 0 aliphatic carbocycles. The molecule has 0 aliphatic heterocycles. The van der Waals surface area contributed by atoms with Gasteiger partial charge >= 0.3 is 5.97 Å². The third-order valence-electron chi connectivity index (χ3n) is 3.64. The number of rotatable bonds is 6. The molecule has 0 aliphatic rings. The molecule has 21 heavy (non-hydrogen) atoms. The van der Waals surface area contributed by atoms with Crippen molar-refractivity contribution in [3.63, 3.8) is 0 Å². The summed E-state index contributed by atoms with van der Waals surface area (Å²) in [5, 5.41) is 18.2. The van der Waals surface area contributed by atoms with Crippen LogP contribution in [0, 0.1) is 19.8 Å². The van der Waals surface area contributed by atoms with Gasteiger partial charge in [-0.1, -0.05) is 31.9 Å². The number of thiazole rings is 1. The first-order valence-corrected chi connectivity index (χ1v) is 7.90. The molecule has 114 valence electrons. The third kappa shape index (κ3) is 3.12. The largest absolute Gasteiger partial charge is 0.476 e. The van der Waals surface area contributed by atoms with Gasteiger partial charge in [0.25, 0.3) is 0 Å².